The number of aromatic carboxylic acids is 1. The highest BCUT2D eigenvalue weighted by Gasteiger charge is 2.22. The van der Waals surface area contributed by atoms with E-state index in [4.69, 9.17) is 5.11 Å². The van der Waals surface area contributed by atoms with Crippen LogP contribution in [0.25, 0.3) is 11.0 Å². The average Bonchev–Trinajstić information content (AvgIpc) is 3.06. The Kier molecular flexibility index (Phi) is 3.27. The van der Waals surface area contributed by atoms with Crippen molar-refractivity contribution in [2.75, 3.05) is 24.6 Å². The molecule has 20 heavy (non-hydrogen) atoms. The van der Waals surface area contributed by atoms with Crippen LogP contribution in [-0.4, -0.2) is 50.4 Å². The van der Waals surface area contributed by atoms with Gasteiger partial charge in [0.25, 0.3) is 0 Å². The number of aliphatic hydroxyl groups is 1. The molecule has 0 aromatic carbocycles. The van der Waals surface area contributed by atoms with Crippen LogP contribution in [0.1, 0.15) is 23.3 Å². The minimum atomic E-state index is -1.02. The third-order valence-corrected chi connectivity index (χ3v) is 3.62. The number of carbonyl (C=O) groups is 1. The van der Waals surface area contributed by atoms with Crippen LogP contribution in [0.3, 0.4) is 0 Å². The SMILES string of the molecule is O=C(O)c1cc2c(N3CCCC3)ncnc2n1CCO. The number of hydrogen-bond acceptors (Lipinski definition) is 5. The fraction of sp³-hybridized carbons (Fsp3) is 0.462. The Morgan fingerprint density at radius 2 is 2.05 bits per heavy atom. The molecule has 0 saturated carbocycles. The normalized spacial score (nSPS) is 15.2. The Bertz CT molecular complexity index is 646. The van der Waals surface area contributed by atoms with Crippen molar-refractivity contribution in [1.29, 1.82) is 0 Å². The maximum Gasteiger partial charge on any atom is 0.352 e. The number of fused-ring (bicyclic) bond motifs is 1. The van der Waals surface area contributed by atoms with Crippen molar-refractivity contribution >= 4 is 22.8 Å². The second-order valence-electron chi connectivity index (χ2n) is 4.84. The number of carboxylic acids is 1. The summed E-state index contributed by atoms with van der Waals surface area (Å²) >= 11 is 0. The van der Waals surface area contributed by atoms with Gasteiger partial charge in [-0.05, 0) is 18.9 Å². The molecule has 7 nitrogen and oxygen atoms in total. The summed E-state index contributed by atoms with van der Waals surface area (Å²) in [7, 11) is 0. The van der Waals surface area contributed by atoms with Gasteiger partial charge in [0, 0.05) is 19.6 Å². The van der Waals surface area contributed by atoms with Gasteiger partial charge in [0.05, 0.1) is 12.0 Å². The molecule has 0 atom stereocenters. The molecule has 0 radical (unpaired) electrons. The molecule has 0 amide bonds. The van der Waals surface area contributed by atoms with E-state index in [-0.39, 0.29) is 18.8 Å². The summed E-state index contributed by atoms with van der Waals surface area (Å²) in [6, 6.07) is 1.60. The van der Waals surface area contributed by atoms with Crippen LogP contribution in [0.15, 0.2) is 12.4 Å². The molecular weight excluding hydrogens is 260 g/mol. The summed E-state index contributed by atoms with van der Waals surface area (Å²) in [6.45, 7) is 1.94. The lowest BCUT2D eigenvalue weighted by Gasteiger charge is -2.16. The lowest BCUT2D eigenvalue weighted by Crippen LogP contribution is -2.19. The van der Waals surface area contributed by atoms with Gasteiger partial charge in [-0.3, -0.25) is 0 Å². The number of nitrogens with zero attached hydrogens (tertiary/aromatic N) is 4. The van der Waals surface area contributed by atoms with Crippen molar-refractivity contribution in [2.24, 2.45) is 0 Å². The molecule has 1 saturated heterocycles. The number of aromatic nitrogens is 3. The molecule has 7 heteroatoms. The van der Waals surface area contributed by atoms with E-state index in [9.17, 15) is 9.90 Å². The number of hydrogen-bond donors (Lipinski definition) is 2. The smallest absolute Gasteiger partial charge is 0.352 e. The van der Waals surface area contributed by atoms with Crippen molar-refractivity contribution < 1.29 is 15.0 Å². The molecule has 2 aromatic rings. The Balaban J connectivity index is 2.19. The van der Waals surface area contributed by atoms with Gasteiger partial charge < -0.3 is 19.7 Å². The maximum absolute atomic E-state index is 11.3. The zero-order chi connectivity index (χ0) is 14.1. The maximum atomic E-state index is 11.3. The largest absolute Gasteiger partial charge is 0.477 e. The second-order valence-corrected chi connectivity index (χ2v) is 4.84. The Labute approximate surface area is 115 Å². The van der Waals surface area contributed by atoms with E-state index in [1.54, 1.807) is 6.07 Å². The molecule has 3 heterocycles. The van der Waals surface area contributed by atoms with Gasteiger partial charge in [-0.25, -0.2) is 14.8 Å². The summed E-state index contributed by atoms with van der Waals surface area (Å²) in [5, 5.41) is 19.1. The summed E-state index contributed by atoms with van der Waals surface area (Å²) in [4.78, 5) is 22.0. The first-order valence-corrected chi connectivity index (χ1v) is 6.65. The van der Waals surface area contributed by atoms with Gasteiger partial charge in [-0.1, -0.05) is 0 Å². The highest BCUT2D eigenvalue weighted by molar-refractivity contribution is 5.97. The van der Waals surface area contributed by atoms with Crippen LogP contribution < -0.4 is 4.90 Å². The predicted molar refractivity (Wildman–Crippen MR) is 73.0 cm³/mol. The van der Waals surface area contributed by atoms with Crippen molar-refractivity contribution in [1.82, 2.24) is 14.5 Å². The van der Waals surface area contributed by atoms with E-state index in [2.05, 4.69) is 14.9 Å². The third kappa shape index (κ3) is 2.00. The summed E-state index contributed by atoms with van der Waals surface area (Å²) in [5.74, 6) is -0.240. The van der Waals surface area contributed by atoms with Crippen LogP contribution in [-0.2, 0) is 6.54 Å². The van der Waals surface area contributed by atoms with Gasteiger partial charge in [-0.2, -0.15) is 0 Å². The van der Waals surface area contributed by atoms with E-state index in [0.29, 0.717) is 5.65 Å². The molecule has 1 aliphatic heterocycles. The van der Waals surface area contributed by atoms with E-state index in [1.165, 1.54) is 10.9 Å². The van der Waals surface area contributed by atoms with Crippen LogP contribution in [0.5, 0.6) is 0 Å². The van der Waals surface area contributed by atoms with Crippen molar-refractivity contribution in [3.8, 4) is 0 Å². The topological polar surface area (TPSA) is 91.5 Å². The fourth-order valence-corrected chi connectivity index (χ4v) is 2.73. The monoisotopic (exact) mass is 276 g/mol. The zero-order valence-corrected chi connectivity index (χ0v) is 11.0. The fourth-order valence-electron chi connectivity index (χ4n) is 2.73. The molecule has 2 aromatic heterocycles. The average molecular weight is 276 g/mol. The number of anilines is 1. The molecule has 0 aliphatic carbocycles. The zero-order valence-electron chi connectivity index (χ0n) is 11.0. The summed E-state index contributed by atoms with van der Waals surface area (Å²) in [5.41, 5.74) is 0.698. The van der Waals surface area contributed by atoms with Crippen molar-refractivity contribution in [2.45, 2.75) is 19.4 Å². The molecule has 1 fully saturated rings. The second kappa shape index (κ2) is 5.09. The van der Waals surface area contributed by atoms with E-state index >= 15 is 0 Å². The Morgan fingerprint density at radius 3 is 2.70 bits per heavy atom. The molecule has 0 bridgehead atoms. The van der Waals surface area contributed by atoms with Gasteiger partial charge in [-0.15, -0.1) is 0 Å². The first-order valence-electron chi connectivity index (χ1n) is 6.65. The first kappa shape index (κ1) is 12.9. The van der Waals surface area contributed by atoms with Crippen molar-refractivity contribution in [3.05, 3.63) is 18.1 Å². The minimum absolute atomic E-state index is 0.132. The number of carboxylic acid groups (broad SMARTS) is 1. The number of aliphatic hydroxyl groups excluding tert-OH is 1. The Hall–Kier alpha value is -2.15. The molecule has 1 aliphatic rings. The lowest BCUT2D eigenvalue weighted by molar-refractivity contribution is 0.0684. The predicted octanol–water partition coefficient (Wildman–Crippen LogP) is 0.722. The minimum Gasteiger partial charge on any atom is -0.477 e. The Morgan fingerprint density at radius 1 is 1.30 bits per heavy atom. The third-order valence-electron chi connectivity index (χ3n) is 3.62. The molecule has 0 unspecified atom stereocenters. The standard InChI is InChI=1S/C13H16N4O3/c18-6-5-17-10(13(19)20)7-9-11(14-8-15-12(9)17)16-3-1-2-4-16/h7-8,18H,1-6H2,(H,19,20). The lowest BCUT2D eigenvalue weighted by atomic mass is 10.3. The van der Waals surface area contributed by atoms with Gasteiger partial charge in [0.15, 0.2) is 0 Å². The first-order chi connectivity index (χ1) is 9.72. The van der Waals surface area contributed by atoms with E-state index in [0.717, 1.165) is 37.1 Å². The van der Waals surface area contributed by atoms with Crippen LogP contribution in [0.2, 0.25) is 0 Å². The van der Waals surface area contributed by atoms with Crippen LogP contribution in [0.4, 0.5) is 5.82 Å². The molecule has 2 N–H and O–H groups in total. The number of rotatable bonds is 4. The van der Waals surface area contributed by atoms with E-state index in [1.807, 2.05) is 0 Å². The van der Waals surface area contributed by atoms with Crippen molar-refractivity contribution in [3.63, 3.8) is 0 Å². The van der Waals surface area contributed by atoms with Crippen LogP contribution >= 0.6 is 0 Å². The summed E-state index contributed by atoms with van der Waals surface area (Å²) < 4.78 is 1.53. The molecule has 3 rings (SSSR count). The van der Waals surface area contributed by atoms with Crippen LogP contribution in [0, 0.1) is 0 Å². The summed E-state index contributed by atoms with van der Waals surface area (Å²) in [6.07, 6.45) is 3.69. The van der Waals surface area contributed by atoms with E-state index < -0.39 is 5.97 Å². The van der Waals surface area contributed by atoms with Gasteiger partial charge in [0.2, 0.25) is 0 Å². The highest BCUT2D eigenvalue weighted by atomic mass is 16.4. The molecule has 0 spiro atoms. The van der Waals surface area contributed by atoms with Gasteiger partial charge in [0.1, 0.15) is 23.5 Å². The van der Waals surface area contributed by atoms with Gasteiger partial charge >= 0.3 is 5.97 Å². The highest BCUT2D eigenvalue weighted by Crippen LogP contribution is 2.28. The molecule has 106 valence electrons. The quantitative estimate of drug-likeness (QED) is 0.855. The molecular formula is C13H16N4O3.